The zero-order valence-electron chi connectivity index (χ0n) is 19.6. The molecule has 9 heteroatoms. The number of pyridine rings is 1. The largest absolute Gasteiger partial charge is 0.497 e. The second-order valence-electron chi connectivity index (χ2n) is 8.22. The number of fused-ring (bicyclic) bond motifs is 1. The van der Waals surface area contributed by atoms with Crippen molar-refractivity contribution in [2.45, 2.75) is 32.4 Å². The Labute approximate surface area is 212 Å². The molecular weight excluding hydrogens is 529 g/mol. The summed E-state index contributed by atoms with van der Waals surface area (Å²) >= 11 is 0. The fourth-order valence-electron chi connectivity index (χ4n) is 4.52. The summed E-state index contributed by atoms with van der Waals surface area (Å²) in [6.07, 6.45) is 4.36. The third-order valence-electron chi connectivity index (χ3n) is 6.10. The van der Waals surface area contributed by atoms with E-state index >= 15 is 0 Å². The molecule has 0 aliphatic carbocycles. The quantitative estimate of drug-likeness (QED) is 0.261. The van der Waals surface area contributed by atoms with Crippen LogP contribution in [0, 0.1) is 5.92 Å². The number of halogens is 1. The molecule has 178 valence electrons. The number of nitrogens with zero attached hydrogens (tertiary/aromatic N) is 5. The van der Waals surface area contributed by atoms with Gasteiger partial charge in [0.25, 0.3) is 0 Å². The molecule has 0 amide bonds. The smallest absolute Gasteiger partial charge is 0.191 e. The molecule has 2 aromatic heterocycles. The number of rotatable bonds is 7. The summed E-state index contributed by atoms with van der Waals surface area (Å²) < 4.78 is 7.31. The number of nitrogens with one attached hydrogen (secondary N) is 2. The van der Waals surface area contributed by atoms with Crippen molar-refractivity contribution in [2.75, 3.05) is 33.8 Å². The summed E-state index contributed by atoms with van der Waals surface area (Å²) in [5.41, 5.74) is 2.17. The van der Waals surface area contributed by atoms with Crippen LogP contribution in [0.1, 0.15) is 37.2 Å². The molecule has 0 bridgehead atoms. The van der Waals surface area contributed by atoms with Crippen molar-refractivity contribution in [1.82, 2.24) is 30.1 Å². The molecule has 33 heavy (non-hydrogen) atoms. The van der Waals surface area contributed by atoms with Crippen molar-refractivity contribution < 1.29 is 4.74 Å². The van der Waals surface area contributed by atoms with Gasteiger partial charge in [-0.05, 0) is 69.1 Å². The highest BCUT2D eigenvalue weighted by atomic mass is 127. The maximum Gasteiger partial charge on any atom is 0.191 e. The minimum absolute atomic E-state index is 0. The van der Waals surface area contributed by atoms with E-state index in [0.29, 0.717) is 18.5 Å². The van der Waals surface area contributed by atoms with Gasteiger partial charge in [0.1, 0.15) is 12.3 Å². The second-order valence-corrected chi connectivity index (χ2v) is 8.22. The van der Waals surface area contributed by atoms with Crippen LogP contribution in [0.15, 0.2) is 53.7 Å². The number of likely N-dealkylation sites (tertiary alicyclic amines) is 1. The van der Waals surface area contributed by atoms with Gasteiger partial charge < -0.3 is 15.4 Å². The Kier molecular flexibility index (Phi) is 9.30. The van der Waals surface area contributed by atoms with Crippen LogP contribution in [0.2, 0.25) is 0 Å². The number of aliphatic imine (C=N–C) groups is 1. The monoisotopic (exact) mass is 563 g/mol. The van der Waals surface area contributed by atoms with Crippen LogP contribution in [0.25, 0.3) is 5.65 Å². The number of hydrogen-bond donors (Lipinski definition) is 2. The Balaban J connectivity index is 0.00000306. The third kappa shape index (κ3) is 6.14. The van der Waals surface area contributed by atoms with Gasteiger partial charge in [0.15, 0.2) is 17.4 Å². The standard InChI is InChI=1S/C24H33N7O.HI/c1-4-25-24(27-17-22-29-28-21-9-5-6-15-31(21)22)26-16-19-8-7-14-30(2)23(19)18-10-12-20(32-3)13-11-18;/h5-6,9-13,15,19,23H,4,7-8,14,16-17H2,1-3H3,(H2,25,26,27);1H. The van der Waals surface area contributed by atoms with Crippen LogP contribution >= 0.6 is 24.0 Å². The molecule has 1 aliphatic heterocycles. The molecular formula is C24H34IN7O. The third-order valence-corrected chi connectivity index (χ3v) is 6.10. The van der Waals surface area contributed by atoms with Gasteiger partial charge in [-0.3, -0.25) is 9.30 Å². The van der Waals surface area contributed by atoms with Gasteiger partial charge >= 0.3 is 0 Å². The van der Waals surface area contributed by atoms with E-state index in [1.54, 1.807) is 7.11 Å². The first-order valence-electron chi connectivity index (χ1n) is 11.3. The lowest BCUT2D eigenvalue weighted by molar-refractivity contribution is 0.122. The second kappa shape index (κ2) is 12.2. The Morgan fingerprint density at radius 1 is 1.15 bits per heavy atom. The summed E-state index contributed by atoms with van der Waals surface area (Å²) in [7, 11) is 3.93. The van der Waals surface area contributed by atoms with Crippen LogP contribution < -0.4 is 15.4 Å². The lowest BCUT2D eigenvalue weighted by atomic mass is 9.85. The molecule has 0 radical (unpaired) electrons. The van der Waals surface area contributed by atoms with Gasteiger partial charge in [-0.25, -0.2) is 4.99 Å². The van der Waals surface area contributed by atoms with Crippen molar-refractivity contribution in [2.24, 2.45) is 10.9 Å². The van der Waals surface area contributed by atoms with E-state index in [9.17, 15) is 0 Å². The average Bonchev–Trinajstić information content (AvgIpc) is 3.24. The summed E-state index contributed by atoms with van der Waals surface area (Å²) in [5.74, 6) is 3.01. The lowest BCUT2D eigenvalue weighted by Crippen LogP contribution is -2.45. The fraction of sp³-hybridized carbons (Fsp3) is 0.458. The fourth-order valence-corrected chi connectivity index (χ4v) is 4.52. The van der Waals surface area contributed by atoms with Crippen LogP contribution in [0.3, 0.4) is 0 Å². The Bertz CT molecular complexity index is 1040. The molecule has 1 saturated heterocycles. The number of guanidine groups is 1. The number of benzene rings is 1. The predicted molar refractivity (Wildman–Crippen MR) is 142 cm³/mol. The molecule has 0 saturated carbocycles. The highest BCUT2D eigenvalue weighted by molar-refractivity contribution is 14.0. The first kappa shape index (κ1) is 25.2. The highest BCUT2D eigenvalue weighted by Gasteiger charge is 2.30. The zero-order chi connectivity index (χ0) is 22.3. The van der Waals surface area contributed by atoms with E-state index in [1.807, 2.05) is 28.8 Å². The van der Waals surface area contributed by atoms with E-state index in [1.165, 1.54) is 18.4 Å². The molecule has 2 N–H and O–H groups in total. The van der Waals surface area contributed by atoms with Crippen LogP contribution in [0.4, 0.5) is 0 Å². The topological polar surface area (TPSA) is 79.1 Å². The maximum atomic E-state index is 5.34. The molecule has 1 aromatic carbocycles. The first-order valence-corrected chi connectivity index (χ1v) is 11.3. The molecule has 3 aromatic rings. The van der Waals surface area contributed by atoms with E-state index in [4.69, 9.17) is 9.73 Å². The summed E-state index contributed by atoms with van der Waals surface area (Å²) in [4.78, 5) is 7.23. The lowest BCUT2D eigenvalue weighted by Gasteiger charge is -2.40. The van der Waals surface area contributed by atoms with Gasteiger partial charge in [-0.1, -0.05) is 18.2 Å². The van der Waals surface area contributed by atoms with E-state index in [0.717, 1.165) is 42.8 Å². The maximum absolute atomic E-state index is 5.34. The predicted octanol–water partition coefficient (Wildman–Crippen LogP) is 3.49. The van der Waals surface area contributed by atoms with Crippen LogP contribution in [-0.2, 0) is 6.54 Å². The van der Waals surface area contributed by atoms with E-state index in [2.05, 4.69) is 64.0 Å². The van der Waals surface area contributed by atoms with Crippen molar-refractivity contribution in [1.29, 1.82) is 0 Å². The van der Waals surface area contributed by atoms with Crippen molar-refractivity contribution in [3.63, 3.8) is 0 Å². The van der Waals surface area contributed by atoms with Gasteiger partial charge in [0.05, 0.1) is 7.11 Å². The number of methoxy groups -OCH3 is 1. The number of aromatic nitrogens is 3. The molecule has 1 aliphatic rings. The zero-order valence-corrected chi connectivity index (χ0v) is 21.9. The molecule has 4 rings (SSSR count). The Morgan fingerprint density at radius 3 is 2.73 bits per heavy atom. The first-order chi connectivity index (χ1) is 15.7. The van der Waals surface area contributed by atoms with Gasteiger partial charge in [-0.2, -0.15) is 0 Å². The van der Waals surface area contributed by atoms with Crippen molar-refractivity contribution in [3.05, 3.63) is 60.0 Å². The van der Waals surface area contributed by atoms with Crippen LogP contribution in [0.5, 0.6) is 5.75 Å². The summed E-state index contributed by atoms with van der Waals surface area (Å²) in [5, 5.41) is 15.4. The SMILES string of the molecule is CCNC(=NCc1nnc2ccccn12)NCC1CCCN(C)C1c1ccc(OC)cc1.I. The number of hydrogen-bond acceptors (Lipinski definition) is 5. The molecule has 2 atom stereocenters. The molecule has 1 fully saturated rings. The molecule has 2 unspecified atom stereocenters. The minimum Gasteiger partial charge on any atom is -0.497 e. The molecule has 0 spiro atoms. The highest BCUT2D eigenvalue weighted by Crippen LogP contribution is 2.35. The van der Waals surface area contributed by atoms with Gasteiger partial charge in [0.2, 0.25) is 0 Å². The Hall–Kier alpha value is -2.40. The van der Waals surface area contributed by atoms with E-state index in [-0.39, 0.29) is 24.0 Å². The Morgan fingerprint density at radius 2 is 1.97 bits per heavy atom. The number of ether oxygens (including phenoxy) is 1. The molecule has 8 nitrogen and oxygen atoms in total. The van der Waals surface area contributed by atoms with Gasteiger partial charge in [0, 0.05) is 25.3 Å². The van der Waals surface area contributed by atoms with E-state index < -0.39 is 0 Å². The summed E-state index contributed by atoms with van der Waals surface area (Å²) in [6, 6.07) is 14.7. The minimum atomic E-state index is 0. The molecule has 3 heterocycles. The van der Waals surface area contributed by atoms with Crippen molar-refractivity contribution in [3.8, 4) is 5.75 Å². The van der Waals surface area contributed by atoms with Crippen LogP contribution in [-0.4, -0.2) is 59.2 Å². The summed E-state index contributed by atoms with van der Waals surface area (Å²) in [6.45, 7) is 5.32. The normalized spacial score (nSPS) is 19.2. The number of piperidine rings is 1. The van der Waals surface area contributed by atoms with Crippen molar-refractivity contribution >= 4 is 35.6 Å². The average molecular weight is 563 g/mol. The van der Waals surface area contributed by atoms with Gasteiger partial charge in [-0.15, -0.1) is 34.2 Å².